The van der Waals surface area contributed by atoms with Crippen molar-refractivity contribution in [3.8, 4) is 22.6 Å². The van der Waals surface area contributed by atoms with Crippen LogP contribution in [0.25, 0.3) is 21.3 Å². The Bertz CT molecular complexity index is 1260. The molecule has 2 aromatic carbocycles. The van der Waals surface area contributed by atoms with Gasteiger partial charge in [-0.3, -0.25) is 9.36 Å². The molecule has 6 heteroatoms. The Kier molecular flexibility index (Phi) is 5.11. The first-order chi connectivity index (χ1) is 14.0. The fraction of sp³-hybridized carbons (Fsp3) is 0.217. The van der Waals surface area contributed by atoms with Crippen LogP contribution in [0.2, 0.25) is 0 Å². The predicted octanol–water partition coefficient (Wildman–Crippen LogP) is 4.81. The molecular weight excluding hydrogens is 384 g/mol. The zero-order chi connectivity index (χ0) is 20.5. The van der Waals surface area contributed by atoms with Crippen molar-refractivity contribution < 1.29 is 9.47 Å². The number of benzene rings is 2. The van der Waals surface area contributed by atoms with Gasteiger partial charge in [-0.25, -0.2) is 4.98 Å². The van der Waals surface area contributed by atoms with E-state index in [1.54, 1.807) is 25.1 Å². The van der Waals surface area contributed by atoms with Gasteiger partial charge in [0.1, 0.15) is 4.70 Å². The number of aromatic nitrogens is 2. The highest BCUT2D eigenvalue weighted by molar-refractivity contribution is 7.17. The van der Waals surface area contributed by atoms with Crippen molar-refractivity contribution in [1.29, 1.82) is 0 Å². The van der Waals surface area contributed by atoms with Crippen LogP contribution in [-0.2, 0) is 6.54 Å². The summed E-state index contributed by atoms with van der Waals surface area (Å²) in [7, 11) is 3.22. The van der Waals surface area contributed by atoms with Crippen molar-refractivity contribution in [3.05, 3.63) is 75.1 Å². The minimum absolute atomic E-state index is 0.0207. The van der Waals surface area contributed by atoms with Gasteiger partial charge in [0, 0.05) is 10.9 Å². The monoisotopic (exact) mass is 406 g/mol. The molecular formula is C23H22N2O3S. The molecule has 148 valence electrons. The van der Waals surface area contributed by atoms with Crippen LogP contribution >= 0.6 is 11.3 Å². The molecule has 0 N–H and O–H groups in total. The lowest BCUT2D eigenvalue weighted by atomic mass is 10.1. The van der Waals surface area contributed by atoms with E-state index in [1.165, 1.54) is 22.5 Å². The van der Waals surface area contributed by atoms with Crippen molar-refractivity contribution in [2.75, 3.05) is 14.2 Å². The second-order valence-corrected chi connectivity index (χ2v) is 7.88. The summed E-state index contributed by atoms with van der Waals surface area (Å²) >= 11 is 1.42. The molecule has 0 saturated carbocycles. The molecule has 0 aliphatic heterocycles. The summed E-state index contributed by atoms with van der Waals surface area (Å²) < 4.78 is 13.1. The quantitative estimate of drug-likeness (QED) is 0.477. The first kappa shape index (κ1) is 19.2. The van der Waals surface area contributed by atoms with Gasteiger partial charge in [0.05, 0.1) is 32.6 Å². The Morgan fingerprint density at radius 2 is 1.83 bits per heavy atom. The number of methoxy groups -OCH3 is 2. The van der Waals surface area contributed by atoms with Gasteiger partial charge in [-0.15, -0.1) is 11.3 Å². The lowest BCUT2D eigenvalue weighted by Crippen LogP contribution is -2.20. The van der Waals surface area contributed by atoms with Crippen LogP contribution in [0, 0.1) is 13.8 Å². The van der Waals surface area contributed by atoms with E-state index in [0.29, 0.717) is 28.3 Å². The van der Waals surface area contributed by atoms with Gasteiger partial charge in [-0.2, -0.15) is 0 Å². The average molecular weight is 407 g/mol. The Labute approximate surface area is 173 Å². The highest BCUT2D eigenvalue weighted by Crippen LogP contribution is 2.36. The normalized spacial score (nSPS) is 11.0. The van der Waals surface area contributed by atoms with E-state index in [1.807, 2.05) is 23.6 Å². The molecule has 0 fully saturated rings. The molecule has 0 aliphatic rings. The van der Waals surface area contributed by atoms with Crippen LogP contribution in [0.1, 0.15) is 16.7 Å². The number of thiophene rings is 1. The van der Waals surface area contributed by atoms with Crippen molar-refractivity contribution in [3.63, 3.8) is 0 Å². The maximum Gasteiger partial charge on any atom is 0.271 e. The molecule has 2 aromatic heterocycles. The molecule has 0 aliphatic carbocycles. The highest BCUT2D eigenvalue weighted by Gasteiger charge is 2.15. The maximum absolute atomic E-state index is 13.1. The lowest BCUT2D eigenvalue weighted by molar-refractivity contribution is 0.355. The molecule has 0 spiro atoms. The largest absolute Gasteiger partial charge is 0.493 e. The zero-order valence-corrected chi connectivity index (χ0v) is 17.7. The summed E-state index contributed by atoms with van der Waals surface area (Å²) in [6.45, 7) is 4.63. The molecule has 5 nitrogen and oxygen atoms in total. The molecule has 29 heavy (non-hydrogen) atoms. The number of aryl methyl sites for hydroxylation is 2. The fourth-order valence-electron chi connectivity index (χ4n) is 3.42. The van der Waals surface area contributed by atoms with Gasteiger partial charge in [0.25, 0.3) is 5.56 Å². The average Bonchev–Trinajstić information content (AvgIpc) is 3.17. The zero-order valence-electron chi connectivity index (χ0n) is 16.9. The molecule has 4 rings (SSSR count). The number of hydrogen-bond acceptors (Lipinski definition) is 5. The van der Waals surface area contributed by atoms with Crippen LogP contribution in [0.3, 0.4) is 0 Å². The lowest BCUT2D eigenvalue weighted by Gasteiger charge is -2.10. The van der Waals surface area contributed by atoms with Gasteiger partial charge < -0.3 is 9.47 Å². The van der Waals surface area contributed by atoms with Gasteiger partial charge in [-0.05, 0) is 42.7 Å². The smallest absolute Gasteiger partial charge is 0.271 e. The third-order valence-electron chi connectivity index (χ3n) is 5.09. The predicted molar refractivity (Wildman–Crippen MR) is 117 cm³/mol. The standard InChI is InChI=1S/C23H22N2O3S/c1-14-5-6-15(2)17(9-14)11-25-13-24-21-18(12-29-22(21)23(25)26)16-7-8-19(27-3)20(10-16)28-4/h5-10,12-13H,11H2,1-4H3. The first-order valence-electron chi connectivity index (χ1n) is 9.27. The molecule has 0 bridgehead atoms. The van der Waals surface area contributed by atoms with E-state index >= 15 is 0 Å². The SMILES string of the molecule is COc1ccc(-c2csc3c(=O)n(Cc4cc(C)ccc4C)cnc23)cc1OC. The number of rotatable bonds is 5. The van der Waals surface area contributed by atoms with Crippen LogP contribution < -0.4 is 15.0 Å². The molecule has 2 heterocycles. The van der Waals surface area contributed by atoms with Gasteiger partial charge in [-0.1, -0.05) is 29.8 Å². The highest BCUT2D eigenvalue weighted by atomic mass is 32.1. The third kappa shape index (κ3) is 3.51. The number of hydrogen-bond donors (Lipinski definition) is 0. The van der Waals surface area contributed by atoms with Crippen LogP contribution in [0.5, 0.6) is 11.5 Å². The van der Waals surface area contributed by atoms with E-state index in [2.05, 4.69) is 37.0 Å². The number of fused-ring (bicyclic) bond motifs is 1. The first-order valence-corrected chi connectivity index (χ1v) is 10.1. The summed E-state index contributed by atoms with van der Waals surface area (Å²) in [6.07, 6.45) is 1.64. The van der Waals surface area contributed by atoms with Crippen molar-refractivity contribution in [2.45, 2.75) is 20.4 Å². The van der Waals surface area contributed by atoms with Gasteiger partial charge >= 0.3 is 0 Å². The van der Waals surface area contributed by atoms with E-state index in [9.17, 15) is 4.79 Å². The van der Waals surface area contributed by atoms with Crippen LogP contribution in [0.4, 0.5) is 0 Å². The van der Waals surface area contributed by atoms with Crippen molar-refractivity contribution in [2.24, 2.45) is 0 Å². The molecule has 0 radical (unpaired) electrons. The maximum atomic E-state index is 13.1. The van der Waals surface area contributed by atoms with Crippen LogP contribution in [-0.4, -0.2) is 23.8 Å². The fourth-order valence-corrected chi connectivity index (χ4v) is 4.39. The molecule has 0 atom stereocenters. The van der Waals surface area contributed by atoms with E-state index < -0.39 is 0 Å². The molecule has 0 saturated heterocycles. The van der Waals surface area contributed by atoms with Crippen molar-refractivity contribution >= 4 is 21.6 Å². The second kappa shape index (κ2) is 7.72. The second-order valence-electron chi connectivity index (χ2n) is 7.00. The number of ether oxygens (including phenoxy) is 2. The summed E-state index contributed by atoms with van der Waals surface area (Å²) in [4.78, 5) is 17.7. The Hall–Kier alpha value is -3.12. The minimum Gasteiger partial charge on any atom is -0.493 e. The Morgan fingerprint density at radius 1 is 1.03 bits per heavy atom. The van der Waals surface area contributed by atoms with Crippen LogP contribution in [0.15, 0.2) is 52.9 Å². The summed E-state index contributed by atoms with van der Waals surface area (Å²) in [6, 6.07) is 12.0. The molecule has 0 amide bonds. The summed E-state index contributed by atoms with van der Waals surface area (Å²) in [5.74, 6) is 1.31. The third-order valence-corrected chi connectivity index (χ3v) is 6.04. The number of nitrogens with zero attached hydrogens (tertiary/aromatic N) is 2. The van der Waals surface area contributed by atoms with Crippen molar-refractivity contribution in [1.82, 2.24) is 9.55 Å². The van der Waals surface area contributed by atoms with E-state index in [4.69, 9.17) is 9.47 Å². The molecule has 0 unspecified atom stereocenters. The summed E-state index contributed by atoms with van der Waals surface area (Å²) in [5.41, 5.74) is 6.02. The Morgan fingerprint density at radius 3 is 2.59 bits per heavy atom. The molecule has 4 aromatic rings. The Balaban J connectivity index is 1.77. The van der Waals surface area contributed by atoms with Gasteiger partial charge in [0.15, 0.2) is 11.5 Å². The summed E-state index contributed by atoms with van der Waals surface area (Å²) in [5, 5.41) is 1.97. The topological polar surface area (TPSA) is 53.4 Å². The minimum atomic E-state index is -0.0207. The van der Waals surface area contributed by atoms with E-state index in [-0.39, 0.29) is 5.56 Å². The van der Waals surface area contributed by atoms with Gasteiger partial charge in [0.2, 0.25) is 0 Å². The van der Waals surface area contributed by atoms with E-state index in [0.717, 1.165) is 16.7 Å².